The van der Waals surface area contributed by atoms with Crippen LogP contribution in [0.3, 0.4) is 0 Å². The first-order valence-electron chi connectivity index (χ1n) is 10.3. The summed E-state index contributed by atoms with van der Waals surface area (Å²) in [5.74, 6) is 4.39. The van der Waals surface area contributed by atoms with E-state index in [0.717, 1.165) is 42.4 Å². The Hall–Kier alpha value is -0.340. The minimum absolute atomic E-state index is 0.289. The van der Waals surface area contributed by atoms with E-state index in [0.29, 0.717) is 5.41 Å². The van der Waals surface area contributed by atoms with E-state index in [1.165, 1.54) is 44.9 Å². The van der Waals surface area contributed by atoms with Crippen LogP contribution in [-0.4, -0.2) is 20.0 Å². The number of hydrogen-bond donors (Lipinski definition) is 0. The first-order chi connectivity index (χ1) is 11.6. The molecule has 4 saturated carbocycles. The smallest absolute Gasteiger partial charge is 0.167 e. The molecule has 0 amide bonds. The van der Waals surface area contributed by atoms with Crippen LogP contribution < -0.4 is 0 Å². The van der Waals surface area contributed by atoms with Gasteiger partial charge in [0.1, 0.15) is 0 Å². The second-order valence-corrected chi connectivity index (χ2v) is 9.31. The Balaban J connectivity index is 1.54. The first kappa shape index (κ1) is 17.1. The fourth-order valence-corrected chi connectivity index (χ4v) is 7.60. The average Bonchev–Trinajstić information content (AvgIpc) is 2.97. The maximum Gasteiger partial charge on any atom is 0.167 e. The van der Waals surface area contributed by atoms with Crippen molar-refractivity contribution < 1.29 is 9.47 Å². The molecule has 136 valence electrons. The third-order valence-corrected chi connectivity index (χ3v) is 8.89. The molecule has 4 fully saturated rings. The molecule has 6 atom stereocenters. The number of hydrogen-bond acceptors (Lipinski definition) is 2. The van der Waals surface area contributed by atoms with Crippen molar-refractivity contribution in [3.05, 3.63) is 11.6 Å². The van der Waals surface area contributed by atoms with Crippen molar-refractivity contribution in [1.82, 2.24) is 0 Å². The predicted molar refractivity (Wildman–Crippen MR) is 97.6 cm³/mol. The molecule has 0 aromatic heterocycles. The third-order valence-electron chi connectivity index (χ3n) is 8.89. The predicted octanol–water partition coefficient (Wildman–Crippen LogP) is 5.57. The lowest BCUT2D eigenvalue weighted by Gasteiger charge is -2.56. The summed E-state index contributed by atoms with van der Waals surface area (Å²) in [6, 6.07) is 0. The molecule has 0 N–H and O–H groups in total. The summed E-state index contributed by atoms with van der Waals surface area (Å²) in [5, 5.41) is 0. The van der Waals surface area contributed by atoms with Gasteiger partial charge in [0.2, 0.25) is 0 Å². The zero-order valence-corrected chi connectivity index (χ0v) is 16.1. The summed E-state index contributed by atoms with van der Waals surface area (Å²) in [4.78, 5) is 0. The maximum absolute atomic E-state index is 5.80. The molecule has 0 aliphatic heterocycles. The van der Waals surface area contributed by atoms with E-state index in [-0.39, 0.29) is 5.79 Å². The Morgan fingerprint density at radius 2 is 1.67 bits per heavy atom. The molecule has 2 nitrogen and oxygen atoms in total. The molecule has 0 spiro atoms. The summed E-state index contributed by atoms with van der Waals surface area (Å²) in [5.41, 5.74) is 2.30. The van der Waals surface area contributed by atoms with Crippen LogP contribution in [0.1, 0.15) is 71.6 Å². The summed E-state index contributed by atoms with van der Waals surface area (Å²) < 4.78 is 11.6. The van der Waals surface area contributed by atoms with Crippen LogP contribution in [0.15, 0.2) is 11.6 Å². The fourth-order valence-electron chi connectivity index (χ4n) is 7.60. The molecule has 0 saturated heterocycles. The van der Waals surface area contributed by atoms with Crippen LogP contribution >= 0.6 is 0 Å². The highest BCUT2D eigenvalue weighted by Gasteiger charge is 2.56. The molecule has 4 aliphatic rings. The number of fused-ring (bicyclic) bond motifs is 5. The molecule has 0 aromatic rings. The first-order valence-corrected chi connectivity index (χ1v) is 10.3. The van der Waals surface area contributed by atoms with E-state index in [9.17, 15) is 0 Å². The van der Waals surface area contributed by atoms with E-state index < -0.39 is 0 Å². The van der Waals surface area contributed by atoms with Crippen molar-refractivity contribution in [3.8, 4) is 0 Å². The van der Waals surface area contributed by atoms with Gasteiger partial charge in [-0.25, -0.2) is 0 Å². The van der Waals surface area contributed by atoms with Gasteiger partial charge in [0.25, 0.3) is 0 Å². The van der Waals surface area contributed by atoms with Crippen LogP contribution in [0.25, 0.3) is 0 Å². The average molecular weight is 333 g/mol. The second-order valence-electron chi connectivity index (χ2n) is 9.31. The fraction of sp³-hybridized carbons (Fsp3) is 0.909. The van der Waals surface area contributed by atoms with Gasteiger partial charge < -0.3 is 9.47 Å². The van der Waals surface area contributed by atoms with Crippen molar-refractivity contribution in [3.63, 3.8) is 0 Å². The third kappa shape index (κ3) is 2.35. The Bertz CT molecular complexity index is 506. The van der Waals surface area contributed by atoms with Crippen LogP contribution in [-0.2, 0) is 9.47 Å². The summed E-state index contributed by atoms with van der Waals surface area (Å²) >= 11 is 0. The second kappa shape index (κ2) is 6.13. The topological polar surface area (TPSA) is 18.5 Å². The largest absolute Gasteiger partial charge is 0.353 e. The highest BCUT2D eigenvalue weighted by Crippen LogP contribution is 2.64. The molecular formula is C22H36O2. The van der Waals surface area contributed by atoms with Gasteiger partial charge in [0.05, 0.1) is 0 Å². The number of methoxy groups -OCH3 is 2. The van der Waals surface area contributed by atoms with Gasteiger partial charge in [-0.15, -0.1) is 0 Å². The summed E-state index contributed by atoms with van der Waals surface area (Å²) in [7, 11) is 3.66. The Morgan fingerprint density at radius 3 is 2.38 bits per heavy atom. The lowest BCUT2D eigenvalue weighted by atomic mass is 9.50. The zero-order chi connectivity index (χ0) is 16.9. The SMILES string of the molecule is C/C=C1/CC[C@@H]2[C@@H]3CC[C@H]4CC(OC)(OC)CC[C@@H]4[C@H]3CC[C@]12C. The van der Waals surface area contributed by atoms with Gasteiger partial charge in [-0.1, -0.05) is 18.6 Å². The Labute approximate surface area is 148 Å². The van der Waals surface area contributed by atoms with Crippen LogP contribution in [0, 0.1) is 35.0 Å². The minimum atomic E-state index is -0.289. The van der Waals surface area contributed by atoms with Crippen molar-refractivity contribution in [2.24, 2.45) is 35.0 Å². The molecule has 2 heteroatoms. The van der Waals surface area contributed by atoms with Crippen LogP contribution in [0.2, 0.25) is 0 Å². The van der Waals surface area contributed by atoms with E-state index in [4.69, 9.17) is 9.47 Å². The lowest BCUT2D eigenvalue weighted by molar-refractivity contribution is -0.246. The van der Waals surface area contributed by atoms with Gasteiger partial charge in [-0.3, -0.25) is 0 Å². The van der Waals surface area contributed by atoms with Crippen molar-refractivity contribution >= 4 is 0 Å². The van der Waals surface area contributed by atoms with E-state index in [1.54, 1.807) is 5.57 Å². The number of allylic oxidation sites excluding steroid dienone is 2. The standard InChI is InChI=1S/C22H36O2/c1-5-16-7-9-20-19-8-6-15-14-22(23-3,24-4)13-11-17(15)18(19)10-12-21(16,20)2/h5,15,17-20H,6-14H2,1-4H3/b16-5-/t15-,17-,18+,19+,20+,21+/m0/s1. The van der Waals surface area contributed by atoms with Gasteiger partial charge >= 0.3 is 0 Å². The maximum atomic E-state index is 5.80. The zero-order valence-electron chi connectivity index (χ0n) is 16.1. The van der Waals surface area contributed by atoms with Gasteiger partial charge in [-0.2, -0.15) is 0 Å². The van der Waals surface area contributed by atoms with Crippen LogP contribution in [0.4, 0.5) is 0 Å². The number of ether oxygens (including phenoxy) is 2. The quantitative estimate of drug-likeness (QED) is 0.486. The van der Waals surface area contributed by atoms with E-state index in [2.05, 4.69) is 19.9 Å². The van der Waals surface area contributed by atoms with Gasteiger partial charge in [0.15, 0.2) is 5.79 Å². The Morgan fingerprint density at radius 1 is 0.917 bits per heavy atom. The van der Waals surface area contributed by atoms with E-state index in [1.807, 2.05) is 14.2 Å². The minimum Gasteiger partial charge on any atom is -0.353 e. The molecule has 24 heavy (non-hydrogen) atoms. The lowest BCUT2D eigenvalue weighted by Crippen LogP contribution is -2.51. The molecule has 0 aromatic carbocycles. The summed E-state index contributed by atoms with van der Waals surface area (Å²) in [6.45, 7) is 4.85. The molecule has 0 heterocycles. The summed E-state index contributed by atoms with van der Waals surface area (Å²) in [6.07, 6.45) is 14.5. The van der Waals surface area contributed by atoms with Gasteiger partial charge in [-0.05, 0) is 86.9 Å². The molecule has 0 unspecified atom stereocenters. The Kier molecular flexibility index (Phi) is 4.36. The molecule has 0 radical (unpaired) electrons. The highest BCUT2D eigenvalue weighted by atomic mass is 16.7. The molecule has 4 rings (SSSR count). The van der Waals surface area contributed by atoms with Crippen LogP contribution in [0.5, 0.6) is 0 Å². The monoisotopic (exact) mass is 332 g/mol. The van der Waals surface area contributed by atoms with Crippen molar-refractivity contribution in [1.29, 1.82) is 0 Å². The van der Waals surface area contributed by atoms with Crippen molar-refractivity contribution in [2.75, 3.05) is 14.2 Å². The highest BCUT2D eigenvalue weighted by molar-refractivity contribution is 5.23. The molecular weight excluding hydrogens is 296 g/mol. The number of rotatable bonds is 2. The van der Waals surface area contributed by atoms with Crippen molar-refractivity contribution in [2.45, 2.75) is 77.4 Å². The van der Waals surface area contributed by atoms with E-state index >= 15 is 0 Å². The van der Waals surface area contributed by atoms with Gasteiger partial charge in [0, 0.05) is 27.1 Å². The normalized spacial score (nSPS) is 48.7. The molecule has 0 bridgehead atoms. The molecule has 4 aliphatic carbocycles.